The molecule has 168 valence electrons. The number of fused-ring (bicyclic) bond motifs is 3. The van der Waals surface area contributed by atoms with Crippen LogP contribution in [-0.4, -0.2) is 41.8 Å². The van der Waals surface area contributed by atoms with Crippen molar-refractivity contribution in [1.82, 2.24) is 10.6 Å². The molecule has 0 radical (unpaired) electrons. The van der Waals surface area contributed by atoms with Crippen LogP contribution in [0.2, 0.25) is 0 Å². The Morgan fingerprint density at radius 1 is 1.03 bits per heavy atom. The van der Waals surface area contributed by atoms with E-state index in [1.807, 2.05) is 36.4 Å². The molecule has 1 aliphatic carbocycles. The molecular weight excluding hydrogens is 408 g/mol. The SMILES string of the molecule is C=CCC(NC(=O)OCC1c2ccccc2-c2ccccc21)C(=O)NC(C)C(C)C(=O)O. The summed E-state index contributed by atoms with van der Waals surface area (Å²) in [4.78, 5) is 36.2. The van der Waals surface area contributed by atoms with Crippen molar-refractivity contribution in [3.8, 4) is 11.1 Å². The number of hydrogen-bond acceptors (Lipinski definition) is 4. The van der Waals surface area contributed by atoms with Crippen molar-refractivity contribution in [2.45, 2.75) is 38.3 Å². The van der Waals surface area contributed by atoms with Gasteiger partial charge in [0, 0.05) is 12.0 Å². The molecule has 2 aromatic carbocycles. The summed E-state index contributed by atoms with van der Waals surface area (Å²) in [5.74, 6) is -2.35. The first kappa shape index (κ1) is 23.1. The molecule has 2 amide bonds. The molecule has 3 rings (SSSR count). The van der Waals surface area contributed by atoms with Crippen molar-refractivity contribution >= 4 is 18.0 Å². The summed E-state index contributed by atoms with van der Waals surface area (Å²) in [5.41, 5.74) is 4.45. The predicted octanol–water partition coefficient (Wildman–Crippen LogP) is 3.70. The van der Waals surface area contributed by atoms with Gasteiger partial charge in [0.05, 0.1) is 5.92 Å². The monoisotopic (exact) mass is 436 g/mol. The highest BCUT2D eigenvalue weighted by atomic mass is 16.5. The number of benzene rings is 2. The third-order valence-corrected chi connectivity index (χ3v) is 5.86. The lowest BCUT2D eigenvalue weighted by molar-refractivity contribution is -0.142. The van der Waals surface area contributed by atoms with Crippen LogP contribution in [0.1, 0.15) is 37.3 Å². The van der Waals surface area contributed by atoms with E-state index in [9.17, 15) is 14.4 Å². The number of ether oxygens (including phenoxy) is 1. The van der Waals surface area contributed by atoms with E-state index in [-0.39, 0.29) is 18.9 Å². The molecule has 0 heterocycles. The molecule has 3 unspecified atom stereocenters. The Balaban J connectivity index is 1.63. The number of hydrogen-bond donors (Lipinski definition) is 3. The fourth-order valence-electron chi connectivity index (χ4n) is 3.84. The van der Waals surface area contributed by atoms with Gasteiger partial charge in [0.25, 0.3) is 0 Å². The first-order chi connectivity index (χ1) is 15.3. The molecule has 1 aliphatic rings. The Kier molecular flexibility index (Phi) is 7.30. The number of alkyl carbamates (subject to hydrolysis) is 1. The Labute approximate surface area is 187 Å². The van der Waals surface area contributed by atoms with Crippen LogP contribution in [-0.2, 0) is 14.3 Å². The second-order valence-electron chi connectivity index (χ2n) is 7.97. The highest BCUT2D eigenvalue weighted by Gasteiger charge is 2.30. The highest BCUT2D eigenvalue weighted by molar-refractivity contribution is 5.86. The second-order valence-corrected chi connectivity index (χ2v) is 7.97. The average Bonchev–Trinajstić information content (AvgIpc) is 3.10. The minimum Gasteiger partial charge on any atom is -0.481 e. The summed E-state index contributed by atoms with van der Waals surface area (Å²) in [6, 6.07) is 14.5. The normalized spacial score (nSPS) is 14.9. The quantitative estimate of drug-likeness (QED) is 0.520. The van der Waals surface area contributed by atoms with Crippen LogP contribution in [0.5, 0.6) is 0 Å². The largest absolute Gasteiger partial charge is 0.481 e. The zero-order valence-electron chi connectivity index (χ0n) is 18.2. The maximum absolute atomic E-state index is 12.6. The van der Waals surface area contributed by atoms with E-state index in [4.69, 9.17) is 9.84 Å². The summed E-state index contributed by atoms with van der Waals surface area (Å²) in [5, 5.41) is 14.3. The molecule has 0 fully saturated rings. The molecule has 0 spiro atoms. The zero-order chi connectivity index (χ0) is 23.3. The fourth-order valence-corrected chi connectivity index (χ4v) is 3.84. The summed E-state index contributed by atoms with van der Waals surface area (Å²) < 4.78 is 5.50. The van der Waals surface area contributed by atoms with E-state index in [1.54, 1.807) is 6.92 Å². The van der Waals surface area contributed by atoms with Gasteiger partial charge in [-0.3, -0.25) is 9.59 Å². The third-order valence-electron chi connectivity index (χ3n) is 5.86. The lowest BCUT2D eigenvalue weighted by Crippen LogP contribution is -2.51. The topological polar surface area (TPSA) is 105 Å². The Bertz CT molecular complexity index is 973. The number of carbonyl (C=O) groups is 3. The first-order valence-corrected chi connectivity index (χ1v) is 10.6. The van der Waals surface area contributed by atoms with Crippen LogP contribution >= 0.6 is 0 Å². The number of aliphatic carboxylic acids is 1. The molecule has 7 nitrogen and oxygen atoms in total. The lowest BCUT2D eigenvalue weighted by atomic mass is 9.98. The third kappa shape index (κ3) is 4.99. The second kappa shape index (κ2) is 10.1. The molecule has 3 N–H and O–H groups in total. The summed E-state index contributed by atoms with van der Waals surface area (Å²) >= 11 is 0. The molecular formula is C25H28N2O5. The Morgan fingerprint density at radius 2 is 1.59 bits per heavy atom. The van der Waals surface area contributed by atoms with Crippen LogP contribution in [0.15, 0.2) is 61.2 Å². The van der Waals surface area contributed by atoms with Gasteiger partial charge >= 0.3 is 12.1 Å². The Morgan fingerprint density at radius 3 is 2.12 bits per heavy atom. The molecule has 0 saturated heterocycles. The molecule has 0 aliphatic heterocycles. The van der Waals surface area contributed by atoms with Crippen LogP contribution in [0, 0.1) is 5.92 Å². The van der Waals surface area contributed by atoms with E-state index >= 15 is 0 Å². The lowest BCUT2D eigenvalue weighted by Gasteiger charge is -2.23. The van der Waals surface area contributed by atoms with Crippen molar-refractivity contribution in [3.05, 3.63) is 72.3 Å². The van der Waals surface area contributed by atoms with Gasteiger partial charge in [-0.15, -0.1) is 6.58 Å². The number of carboxylic acid groups (broad SMARTS) is 1. The molecule has 0 saturated carbocycles. The van der Waals surface area contributed by atoms with Gasteiger partial charge in [-0.2, -0.15) is 0 Å². The number of carboxylic acids is 1. The number of amides is 2. The maximum atomic E-state index is 12.6. The van der Waals surface area contributed by atoms with Crippen molar-refractivity contribution in [2.24, 2.45) is 5.92 Å². The van der Waals surface area contributed by atoms with E-state index in [1.165, 1.54) is 13.0 Å². The number of carbonyl (C=O) groups excluding carboxylic acids is 2. The van der Waals surface area contributed by atoms with Gasteiger partial charge in [0.15, 0.2) is 0 Å². The van der Waals surface area contributed by atoms with Gasteiger partial charge in [0.1, 0.15) is 12.6 Å². The average molecular weight is 437 g/mol. The predicted molar refractivity (Wildman–Crippen MR) is 121 cm³/mol. The van der Waals surface area contributed by atoms with Gasteiger partial charge in [0.2, 0.25) is 5.91 Å². The number of rotatable bonds is 9. The molecule has 0 aromatic heterocycles. The highest BCUT2D eigenvalue weighted by Crippen LogP contribution is 2.44. The maximum Gasteiger partial charge on any atom is 0.407 e. The summed E-state index contributed by atoms with van der Waals surface area (Å²) in [6.07, 6.45) is 0.983. The van der Waals surface area contributed by atoms with Crippen molar-refractivity contribution in [2.75, 3.05) is 6.61 Å². The van der Waals surface area contributed by atoms with Crippen LogP contribution in [0.3, 0.4) is 0 Å². The number of nitrogens with one attached hydrogen (secondary N) is 2. The van der Waals surface area contributed by atoms with Gasteiger partial charge < -0.3 is 20.5 Å². The van der Waals surface area contributed by atoms with Crippen molar-refractivity contribution in [3.63, 3.8) is 0 Å². The summed E-state index contributed by atoms with van der Waals surface area (Å²) in [6.45, 7) is 6.87. The molecule has 7 heteroatoms. The van der Waals surface area contributed by atoms with E-state index in [0.29, 0.717) is 0 Å². The van der Waals surface area contributed by atoms with Gasteiger partial charge in [-0.1, -0.05) is 54.6 Å². The van der Waals surface area contributed by atoms with E-state index < -0.39 is 36.0 Å². The Hall–Kier alpha value is -3.61. The fraction of sp³-hybridized carbons (Fsp3) is 0.320. The smallest absolute Gasteiger partial charge is 0.407 e. The molecule has 2 aromatic rings. The molecule has 32 heavy (non-hydrogen) atoms. The standard InChI is InChI=1S/C25H28N2O5/c1-4-9-22(23(28)26-16(3)15(2)24(29)30)27-25(31)32-14-21-19-12-7-5-10-17(19)18-11-6-8-13-20(18)21/h4-8,10-13,15-16,21-22H,1,9,14H2,2-3H3,(H,26,28)(H,27,31)(H,29,30). The van der Waals surface area contributed by atoms with Crippen molar-refractivity contribution < 1.29 is 24.2 Å². The van der Waals surface area contributed by atoms with Crippen LogP contribution in [0.4, 0.5) is 4.79 Å². The van der Waals surface area contributed by atoms with Crippen molar-refractivity contribution in [1.29, 1.82) is 0 Å². The van der Waals surface area contributed by atoms with Gasteiger partial charge in [-0.05, 0) is 42.5 Å². The minimum atomic E-state index is -1.01. The molecule has 0 bridgehead atoms. The minimum absolute atomic E-state index is 0.0868. The van der Waals surface area contributed by atoms with E-state index in [2.05, 4.69) is 29.3 Å². The van der Waals surface area contributed by atoms with Crippen LogP contribution in [0.25, 0.3) is 11.1 Å². The molecule has 3 atom stereocenters. The summed E-state index contributed by atoms with van der Waals surface area (Å²) in [7, 11) is 0. The first-order valence-electron chi connectivity index (χ1n) is 10.6. The van der Waals surface area contributed by atoms with Crippen LogP contribution < -0.4 is 10.6 Å². The van der Waals surface area contributed by atoms with Gasteiger partial charge in [-0.25, -0.2) is 4.79 Å². The van der Waals surface area contributed by atoms with E-state index in [0.717, 1.165) is 22.3 Å². The zero-order valence-corrected chi connectivity index (χ0v) is 18.2.